The smallest absolute Gasteiger partial charge is 0.277 e. The van der Waals surface area contributed by atoms with Crippen molar-refractivity contribution in [3.05, 3.63) is 71.8 Å². The zero-order valence-corrected chi connectivity index (χ0v) is 13.8. The lowest BCUT2D eigenvalue weighted by Crippen LogP contribution is -2.24. The van der Waals surface area contributed by atoms with Crippen molar-refractivity contribution in [2.24, 2.45) is 5.10 Å². The third-order valence-electron chi connectivity index (χ3n) is 3.72. The number of nitrogens with zero attached hydrogens (tertiary/aromatic N) is 1. The van der Waals surface area contributed by atoms with Crippen molar-refractivity contribution in [2.75, 3.05) is 6.61 Å². The second kappa shape index (κ2) is 7.49. The maximum atomic E-state index is 11.8. The molecule has 0 saturated heterocycles. The number of aromatic hydroxyl groups is 1. The van der Waals surface area contributed by atoms with Gasteiger partial charge in [-0.3, -0.25) is 4.79 Å². The van der Waals surface area contributed by atoms with Gasteiger partial charge in [-0.05, 0) is 35.9 Å². The number of benzene rings is 3. The third-order valence-corrected chi connectivity index (χ3v) is 3.72. The molecular formula is C20H18N2O3. The van der Waals surface area contributed by atoms with Gasteiger partial charge < -0.3 is 9.84 Å². The first-order valence-corrected chi connectivity index (χ1v) is 7.85. The van der Waals surface area contributed by atoms with Crippen LogP contribution in [-0.2, 0) is 4.79 Å². The Labute approximate surface area is 145 Å². The summed E-state index contributed by atoms with van der Waals surface area (Å²) >= 11 is 0. The average Bonchev–Trinajstić information content (AvgIpc) is 2.63. The van der Waals surface area contributed by atoms with E-state index in [1.807, 2.05) is 49.4 Å². The normalized spacial score (nSPS) is 10.9. The van der Waals surface area contributed by atoms with Gasteiger partial charge >= 0.3 is 0 Å². The average molecular weight is 334 g/mol. The fourth-order valence-corrected chi connectivity index (χ4v) is 2.40. The summed E-state index contributed by atoms with van der Waals surface area (Å²) in [5.41, 5.74) is 4.07. The van der Waals surface area contributed by atoms with Crippen LogP contribution in [0.1, 0.15) is 11.1 Å². The second-order valence-corrected chi connectivity index (χ2v) is 5.61. The van der Waals surface area contributed by atoms with Gasteiger partial charge in [0.15, 0.2) is 6.61 Å². The molecule has 25 heavy (non-hydrogen) atoms. The van der Waals surface area contributed by atoms with E-state index in [2.05, 4.69) is 10.5 Å². The summed E-state index contributed by atoms with van der Waals surface area (Å²) in [6.07, 6.45) is 1.43. The van der Waals surface area contributed by atoms with Crippen LogP contribution < -0.4 is 10.2 Å². The number of carbonyl (C=O) groups is 1. The lowest BCUT2D eigenvalue weighted by Gasteiger charge is -2.06. The lowest BCUT2D eigenvalue weighted by molar-refractivity contribution is -0.123. The van der Waals surface area contributed by atoms with Crippen molar-refractivity contribution in [2.45, 2.75) is 6.92 Å². The Kier molecular flexibility index (Phi) is 4.95. The van der Waals surface area contributed by atoms with Gasteiger partial charge in [-0.1, -0.05) is 48.0 Å². The molecule has 0 bridgehead atoms. The molecule has 0 radical (unpaired) electrons. The molecule has 0 fully saturated rings. The Morgan fingerprint density at radius 2 is 1.88 bits per heavy atom. The van der Waals surface area contributed by atoms with Crippen LogP contribution in [-0.4, -0.2) is 23.8 Å². The van der Waals surface area contributed by atoms with Crippen molar-refractivity contribution in [1.82, 2.24) is 5.43 Å². The molecule has 3 rings (SSSR count). The van der Waals surface area contributed by atoms with Crippen molar-refractivity contribution in [1.29, 1.82) is 0 Å². The van der Waals surface area contributed by atoms with Gasteiger partial charge in [0.2, 0.25) is 0 Å². The minimum Gasteiger partial charge on any atom is -0.507 e. The summed E-state index contributed by atoms with van der Waals surface area (Å²) in [5, 5.41) is 15.8. The molecule has 0 aromatic heterocycles. The molecule has 2 N–H and O–H groups in total. The number of aryl methyl sites for hydroxylation is 1. The number of ether oxygens (including phenoxy) is 1. The fraction of sp³-hybridized carbons (Fsp3) is 0.100. The van der Waals surface area contributed by atoms with E-state index in [0.717, 1.165) is 16.3 Å². The number of rotatable bonds is 5. The first-order chi connectivity index (χ1) is 12.1. The molecule has 0 saturated carbocycles. The SMILES string of the molecule is Cc1ccc(OCC(=O)NN=Cc2c(O)ccc3ccccc23)cc1. The number of amides is 1. The van der Waals surface area contributed by atoms with E-state index in [1.165, 1.54) is 6.21 Å². The monoisotopic (exact) mass is 334 g/mol. The van der Waals surface area contributed by atoms with Gasteiger partial charge in [-0.2, -0.15) is 5.10 Å². The van der Waals surface area contributed by atoms with Crippen LogP contribution in [0, 0.1) is 6.92 Å². The fourth-order valence-electron chi connectivity index (χ4n) is 2.40. The number of phenols is 1. The van der Waals surface area contributed by atoms with E-state index in [0.29, 0.717) is 11.3 Å². The highest BCUT2D eigenvalue weighted by Crippen LogP contribution is 2.25. The number of nitrogens with one attached hydrogen (secondary N) is 1. The number of hydrazone groups is 1. The van der Waals surface area contributed by atoms with Crippen molar-refractivity contribution >= 4 is 22.9 Å². The van der Waals surface area contributed by atoms with Crippen LogP contribution in [0.25, 0.3) is 10.8 Å². The zero-order chi connectivity index (χ0) is 17.6. The Hall–Kier alpha value is -3.34. The molecule has 3 aromatic rings. The maximum Gasteiger partial charge on any atom is 0.277 e. The van der Waals surface area contributed by atoms with Gasteiger partial charge in [0, 0.05) is 5.56 Å². The summed E-state index contributed by atoms with van der Waals surface area (Å²) in [4.78, 5) is 11.8. The topological polar surface area (TPSA) is 70.9 Å². The van der Waals surface area contributed by atoms with Crippen LogP contribution in [0.2, 0.25) is 0 Å². The predicted octanol–water partition coefficient (Wildman–Crippen LogP) is 3.38. The minimum absolute atomic E-state index is 0.104. The highest BCUT2D eigenvalue weighted by atomic mass is 16.5. The highest BCUT2D eigenvalue weighted by molar-refractivity contribution is 6.02. The molecule has 0 unspecified atom stereocenters. The van der Waals surface area contributed by atoms with Crippen LogP contribution in [0.5, 0.6) is 11.5 Å². The molecule has 3 aromatic carbocycles. The highest BCUT2D eigenvalue weighted by Gasteiger charge is 2.05. The number of phenolic OH excluding ortho intramolecular Hbond substituents is 1. The summed E-state index contributed by atoms with van der Waals surface area (Å²) in [6, 6.07) is 18.5. The van der Waals surface area contributed by atoms with Crippen LogP contribution in [0.15, 0.2) is 65.8 Å². The Bertz CT molecular complexity index is 918. The predicted molar refractivity (Wildman–Crippen MR) is 98.0 cm³/mol. The van der Waals surface area contributed by atoms with E-state index in [9.17, 15) is 9.90 Å². The van der Waals surface area contributed by atoms with E-state index in [-0.39, 0.29) is 18.3 Å². The third kappa shape index (κ3) is 4.14. The van der Waals surface area contributed by atoms with Crippen LogP contribution in [0.3, 0.4) is 0 Å². The molecular weight excluding hydrogens is 316 g/mol. The van der Waals surface area contributed by atoms with E-state index < -0.39 is 0 Å². The molecule has 1 amide bonds. The van der Waals surface area contributed by atoms with Crippen molar-refractivity contribution < 1.29 is 14.6 Å². The quantitative estimate of drug-likeness (QED) is 0.555. The summed E-state index contributed by atoms with van der Waals surface area (Å²) in [7, 11) is 0. The molecule has 0 aliphatic carbocycles. The largest absolute Gasteiger partial charge is 0.507 e. The molecule has 5 heteroatoms. The van der Waals surface area contributed by atoms with Gasteiger partial charge in [-0.25, -0.2) is 5.43 Å². The Morgan fingerprint density at radius 3 is 2.68 bits per heavy atom. The first kappa shape index (κ1) is 16.5. The Morgan fingerprint density at radius 1 is 1.12 bits per heavy atom. The number of fused-ring (bicyclic) bond motifs is 1. The second-order valence-electron chi connectivity index (χ2n) is 5.61. The maximum absolute atomic E-state index is 11.8. The number of hydrogen-bond acceptors (Lipinski definition) is 4. The molecule has 5 nitrogen and oxygen atoms in total. The molecule has 126 valence electrons. The summed E-state index contributed by atoms with van der Waals surface area (Å²) < 4.78 is 5.38. The summed E-state index contributed by atoms with van der Waals surface area (Å²) in [5.74, 6) is 0.348. The summed E-state index contributed by atoms with van der Waals surface area (Å²) in [6.45, 7) is 1.84. The first-order valence-electron chi connectivity index (χ1n) is 7.85. The molecule has 0 spiro atoms. The van der Waals surface area contributed by atoms with Gasteiger partial charge in [0.05, 0.1) is 6.21 Å². The van der Waals surface area contributed by atoms with Crippen LogP contribution >= 0.6 is 0 Å². The number of hydrogen-bond donors (Lipinski definition) is 2. The number of carbonyl (C=O) groups excluding carboxylic acids is 1. The lowest BCUT2D eigenvalue weighted by atomic mass is 10.0. The van der Waals surface area contributed by atoms with Gasteiger partial charge in [0.1, 0.15) is 11.5 Å². The van der Waals surface area contributed by atoms with Crippen molar-refractivity contribution in [3.63, 3.8) is 0 Å². The van der Waals surface area contributed by atoms with Crippen molar-refractivity contribution in [3.8, 4) is 11.5 Å². The zero-order valence-electron chi connectivity index (χ0n) is 13.8. The Balaban J connectivity index is 1.62. The molecule has 0 heterocycles. The standard InChI is InChI=1S/C20H18N2O3/c1-14-6-9-16(10-7-14)25-13-20(24)22-21-12-18-17-5-3-2-4-15(17)8-11-19(18)23/h2-12,23H,13H2,1H3,(H,22,24). The van der Waals surface area contributed by atoms with Crippen LogP contribution in [0.4, 0.5) is 0 Å². The van der Waals surface area contributed by atoms with Gasteiger partial charge in [0.25, 0.3) is 5.91 Å². The van der Waals surface area contributed by atoms with Gasteiger partial charge in [-0.15, -0.1) is 0 Å². The van der Waals surface area contributed by atoms with E-state index in [4.69, 9.17) is 4.74 Å². The molecule has 0 atom stereocenters. The van der Waals surface area contributed by atoms with E-state index in [1.54, 1.807) is 18.2 Å². The van der Waals surface area contributed by atoms with E-state index >= 15 is 0 Å². The molecule has 0 aliphatic heterocycles. The molecule has 0 aliphatic rings. The minimum atomic E-state index is -0.378.